The zero-order valence-electron chi connectivity index (χ0n) is 9.36. The van der Waals surface area contributed by atoms with Crippen LogP contribution in [0, 0.1) is 11.7 Å². The van der Waals surface area contributed by atoms with Gasteiger partial charge in [0.1, 0.15) is 5.82 Å². The number of thioether (sulfide) groups is 1. The Morgan fingerprint density at radius 2 is 2.00 bits per heavy atom. The Bertz CT molecular complexity index is 336. The third kappa shape index (κ3) is 2.77. The molecular formula is C13H18FNS. The van der Waals surface area contributed by atoms with E-state index in [9.17, 15) is 4.39 Å². The molecule has 1 atom stereocenters. The third-order valence-corrected chi connectivity index (χ3v) is 4.74. The monoisotopic (exact) mass is 239 g/mol. The first-order valence-electron chi connectivity index (χ1n) is 5.92. The van der Waals surface area contributed by atoms with E-state index in [0.717, 1.165) is 4.90 Å². The van der Waals surface area contributed by atoms with Crippen molar-refractivity contribution in [2.45, 2.75) is 35.8 Å². The predicted octanol–water partition coefficient (Wildman–Crippen LogP) is 3.44. The van der Waals surface area contributed by atoms with Gasteiger partial charge in [0.05, 0.1) is 0 Å². The molecule has 1 aliphatic carbocycles. The first-order valence-corrected chi connectivity index (χ1v) is 6.80. The quantitative estimate of drug-likeness (QED) is 0.815. The van der Waals surface area contributed by atoms with Crippen molar-refractivity contribution in [1.29, 1.82) is 0 Å². The highest BCUT2D eigenvalue weighted by atomic mass is 32.2. The summed E-state index contributed by atoms with van der Waals surface area (Å²) in [6.07, 6.45) is 5.12. The normalized spacial score (nSPS) is 18.9. The van der Waals surface area contributed by atoms with Crippen LogP contribution in [0.3, 0.4) is 0 Å². The van der Waals surface area contributed by atoms with Crippen LogP contribution in [0.25, 0.3) is 0 Å². The van der Waals surface area contributed by atoms with Crippen molar-refractivity contribution < 1.29 is 4.39 Å². The molecule has 88 valence electrons. The van der Waals surface area contributed by atoms with Gasteiger partial charge in [-0.25, -0.2) is 4.39 Å². The van der Waals surface area contributed by atoms with Crippen molar-refractivity contribution in [3.63, 3.8) is 0 Å². The van der Waals surface area contributed by atoms with Crippen LogP contribution in [0.4, 0.5) is 4.39 Å². The molecule has 1 aliphatic rings. The molecule has 1 aromatic rings. The van der Waals surface area contributed by atoms with Crippen molar-refractivity contribution in [3.05, 3.63) is 30.1 Å². The largest absolute Gasteiger partial charge is 0.329 e. The summed E-state index contributed by atoms with van der Waals surface area (Å²) in [4.78, 5) is 0.741. The molecule has 0 radical (unpaired) electrons. The van der Waals surface area contributed by atoms with Gasteiger partial charge in [-0.1, -0.05) is 25.0 Å². The number of benzene rings is 1. The molecule has 0 heterocycles. The molecular weight excluding hydrogens is 221 g/mol. The van der Waals surface area contributed by atoms with Gasteiger partial charge in [0.25, 0.3) is 0 Å². The van der Waals surface area contributed by atoms with E-state index >= 15 is 0 Å². The molecule has 0 saturated heterocycles. The molecule has 1 aromatic carbocycles. The lowest BCUT2D eigenvalue weighted by atomic mass is 10.0. The minimum Gasteiger partial charge on any atom is -0.329 e. The van der Waals surface area contributed by atoms with E-state index in [2.05, 4.69) is 0 Å². The lowest BCUT2D eigenvalue weighted by molar-refractivity contribution is 0.524. The molecule has 16 heavy (non-hydrogen) atoms. The van der Waals surface area contributed by atoms with Gasteiger partial charge in [-0.15, -0.1) is 11.8 Å². The smallest absolute Gasteiger partial charge is 0.136 e. The van der Waals surface area contributed by atoms with Crippen molar-refractivity contribution in [1.82, 2.24) is 0 Å². The van der Waals surface area contributed by atoms with E-state index in [1.165, 1.54) is 31.7 Å². The molecule has 1 saturated carbocycles. The molecule has 1 nitrogen and oxygen atoms in total. The maximum atomic E-state index is 13.5. The summed E-state index contributed by atoms with van der Waals surface area (Å²) < 4.78 is 13.5. The maximum Gasteiger partial charge on any atom is 0.136 e. The SMILES string of the molecule is NCC(Sc1ccccc1F)C1CCCC1. The van der Waals surface area contributed by atoms with Crippen LogP contribution in [0.5, 0.6) is 0 Å². The minimum absolute atomic E-state index is 0.121. The van der Waals surface area contributed by atoms with E-state index in [4.69, 9.17) is 5.73 Å². The van der Waals surface area contributed by atoms with Crippen molar-refractivity contribution in [2.75, 3.05) is 6.54 Å². The molecule has 1 unspecified atom stereocenters. The highest BCUT2D eigenvalue weighted by Crippen LogP contribution is 2.37. The standard InChI is InChI=1S/C13H18FNS/c14-11-7-3-4-8-12(11)16-13(9-15)10-5-1-2-6-10/h3-4,7-8,10,13H,1-2,5-6,9,15H2. The highest BCUT2D eigenvalue weighted by molar-refractivity contribution is 8.00. The number of hydrogen-bond donors (Lipinski definition) is 1. The summed E-state index contributed by atoms with van der Waals surface area (Å²) in [6, 6.07) is 6.97. The Kier molecular flexibility index (Phi) is 4.24. The van der Waals surface area contributed by atoms with Crippen LogP contribution in [-0.2, 0) is 0 Å². The second-order valence-corrected chi connectivity index (χ2v) is 5.65. The van der Waals surface area contributed by atoms with Gasteiger partial charge in [0.2, 0.25) is 0 Å². The fourth-order valence-electron chi connectivity index (χ4n) is 2.37. The summed E-state index contributed by atoms with van der Waals surface area (Å²) in [5, 5.41) is 0.374. The Balaban J connectivity index is 2.03. The summed E-state index contributed by atoms with van der Waals surface area (Å²) in [6.45, 7) is 0.643. The molecule has 0 aliphatic heterocycles. The van der Waals surface area contributed by atoms with Crippen molar-refractivity contribution in [2.24, 2.45) is 11.7 Å². The van der Waals surface area contributed by atoms with E-state index in [0.29, 0.717) is 17.7 Å². The van der Waals surface area contributed by atoms with Crippen molar-refractivity contribution >= 4 is 11.8 Å². The van der Waals surface area contributed by atoms with Crippen LogP contribution in [0.1, 0.15) is 25.7 Å². The fourth-order valence-corrected chi connectivity index (χ4v) is 3.59. The molecule has 0 spiro atoms. The second kappa shape index (κ2) is 5.69. The van der Waals surface area contributed by atoms with E-state index < -0.39 is 0 Å². The first-order chi connectivity index (χ1) is 7.81. The van der Waals surface area contributed by atoms with Crippen LogP contribution in [-0.4, -0.2) is 11.8 Å². The van der Waals surface area contributed by atoms with Gasteiger partial charge >= 0.3 is 0 Å². The topological polar surface area (TPSA) is 26.0 Å². The third-order valence-electron chi connectivity index (χ3n) is 3.27. The highest BCUT2D eigenvalue weighted by Gasteiger charge is 2.25. The zero-order chi connectivity index (χ0) is 11.4. The Hall–Kier alpha value is -0.540. The van der Waals surface area contributed by atoms with Crippen LogP contribution in [0.2, 0.25) is 0 Å². The summed E-state index contributed by atoms with van der Waals surface area (Å²) in [7, 11) is 0. The fraction of sp³-hybridized carbons (Fsp3) is 0.538. The summed E-state index contributed by atoms with van der Waals surface area (Å²) in [5.74, 6) is 0.554. The molecule has 2 N–H and O–H groups in total. The van der Waals surface area contributed by atoms with Gasteiger partial charge in [-0.05, 0) is 30.9 Å². The van der Waals surface area contributed by atoms with Gasteiger partial charge in [-0.3, -0.25) is 0 Å². The Morgan fingerprint density at radius 3 is 2.62 bits per heavy atom. The zero-order valence-corrected chi connectivity index (χ0v) is 10.2. The molecule has 3 heteroatoms. The van der Waals surface area contributed by atoms with E-state index in [1.807, 2.05) is 12.1 Å². The Labute approximate surface area is 101 Å². The van der Waals surface area contributed by atoms with Crippen LogP contribution in [0.15, 0.2) is 29.2 Å². The molecule has 0 amide bonds. The van der Waals surface area contributed by atoms with Gasteiger partial charge < -0.3 is 5.73 Å². The van der Waals surface area contributed by atoms with Crippen LogP contribution >= 0.6 is 11.8 Å². The predicted molar refractivity (Wildman–Crippen MR) is 67.1 cm³/mol. The molecule has 1 fully saturated rings. The van der Waals surface area contributed by atoms with E-state index in [1.54, 1.807) is 17.8 Å². The molecule has 2 rings (SSSR count). The lowest BCUT2D eigenvalue weighted by Crippen LogP contribution is -2.24. The number of rotatable bonds is 4. The van der Waals surface area contributed by atoms with Gasteiger partial charge in [-0.2, -0.15) is 0 Å². The Morgan fingerprint density at radius 1 is 1.31 bits per heavy atom. The molecule has 0 aromatic heterocycles. The van der Waals surface area contributed by atoms with E-state index in [-0.39, 0.29) is 5.82 Å². The number of halogens is 1. The number of hydrogen-bond acceptors (Lipinski definition) is 2. The van der Waals surface area contributed by atoms with Crippen molar-refractivity contribution in [3.8, 4) is 0 Å². The lowest BCUT2D eigenvalue weighted by Gasteiger charge is -2.21. The minimum atomic E-state index is -0.121. The molecule has 0 bridgehead atoms. The summed E-state index contributed by atoms with van der Waals surface area (Å²) in [5.41, 5.74) is 5.81. The average Bonchev–Trinajstić information content (AvgIpc) is 2.81. The maximum absolute atomic E-state index is 13.5. The number of nitrogens with two attached hydrogens (primary N) is 1. The summed E-state index contributed by atoms with van der Waals surface area (Å²) >= 11 is 1.61. The van der Waals surface area contributed by atoms with Gasteiger partial charge in [0.15, 0.2) is 0 Å². The average molecular weight is 239 g/mol. The first kappa shape index (κ1) is 11.9. The second-order valence-electron chi connectivity index (χ2n) is 4.37. The van der Waals surface area contributed by atoms with Crippen LogP contribution < -0.4 is 5.73 Å². The van der Waals surface area contributed by atoms with Gasteiger partial charge in [0, 0.05) is 16.7 Å².